The van der Waals surface area contributed by atoms with Gasteiger partial charge >= 0.3 is 0 Å². The topological polar surface area (TPSA) is 0 Å². The lowest BCUT2D eigenvalue weighted by Crippen LogP contribution is -3.00. The number of unbranched alkanes of at least 4 members (excludes halogenated alkanes) is 8. The van der Waals surface area contributed by atoms with Gasteiger partial charge in [0.1, 0.15) is 0 Å². The van der Waals surface area contributed by atoms with E-state index >= 15 is 0 Å². The number of hydrogen-bond donors (Lipinski definition) is 0. The molecule has 0 spiro atoms. The maximum Gasteiger partial charge on any atom is 0.0782 e. The fraction of sp³-hybridized carbons (Fsp3) is 0.818. The number of hydrogen-bond acceptors (Lipinski definition) is 0. The number of allylic oxidation sites excluding steroid dienone is 4. The first-order valence-electron chi connectivity index (χ1n) is 10.2. The number of rotatable bonds is 16. The first-order chi connectivity index (χ1) is 11.1. The Morgan fingerprint density at radius 2 is 0.875 bits per heavy atom. The minimum atomic E-state index is 0. The molecule has 0 aromatic heterocycles. The van der Waals surface area contributed by atoms with Crippen molar-refractivity contribution in [2.75, 3.05) is 27.2 Å². The third-order valence-corrected chi connectivity index (χ3v) is 4.55. The van der Waals surface area contributed by atoms with Crippen LogP contribution in [0.4, 0.5) is 0 Å². The fourth-order valence-electron chi connectivity index (χ4n) is 2.83. The molecule has 0 aromatic carbocycles. The molecule has 0 bridgehead atoms. The molecule has 0 atom stereocenters. The zero-order valence-electron chi connectivity index (χ0n) is 17.0. The Kier molecular flexibility index (Phi) is 20.6. The highest BCUT2D eigenvalue weighted by molar-refractivity contribution is 4.81. The van der Waals surface area contributed by atoms with E-state index in [4.69, 9.17) is 0 Å². The van der Waals surface area contributed by atoms with Crippen LogP contribution in [0.25, 0.3) is 0 Å². The Morgan fingerprint density at radius 1 is 0.542 bits per heavy atom. The molecule has 0 aromatic rings. The van der Waals surface area contributed by atoms with Crippen molar-refractivity contribution in [2.45, 2.75) is 90.9 Å². The molecule has 1 nitrogen and oxygen atoms in total. The van der Waals surface area contributed by atoms with Crippen molar-refractivity contribution in [3.63, 3.8) is 0 Å². The van der Waals surface area contributed by atoms with E-state index in [1.54, 1.807) is 0 Å². The van der Waals surface area contributed by atoms with Gasteiger partial charge in [0, 0.05) is 0 Å². The van der Waals surface area contributed by atoms with Gasteiger partial charge in [-0.05, 0) is 51.4 Å². The fourth-order valence-corrected chi connectivity index (χ4v) is 2.83. The highest BCUT2D eigenvalue weighted by Gasteiger charge is 2.12. The summed E-state index contributed by atoms with van der Waals surface area (Å²) in [4.78, 5) is 0. The van der Waals surface area contributed by atoms with Crippen molar-refractivity contribution in [1.82, 2.24) is 0 Å². The molecule has 0 heterocycles. The molecule has 24 heavy (non-hydrogen) atoms. The monoisotopic (exact) mass is 357 g/mol. The van der Waals surface area contributed by atoms with Crippen LogP contribution in [0, 0.1) is 0 Å². The molecule has 0 aliphatic rings. The summed E-state index contributed by atoms with van der Waals surface area (Å²) in [7, 11) is 4.79. The molecule has 0 radical (unpaired) electrons. The number of halogens is 1. The average molecular weight is 358 g/mol. The predicted molar refractivity (Wildman–Crippen MR) is 107 cm³/mol. The lowest BCUT2D eigenvalue weighted by molar-refractivity contribution is -0.890. The highest BCUT2D eigenvalue weighted by Crippen LogP contribution is 2.09. The molecule has 0 N–H and O–H groups in total. The van der Waals surface area contributed by atoms with Gasteiger partial charge < -0.3 is 16.9 Å². The van der Waals surface area contributed by atoms with Gasteiger partial charge in [-0.3, -0.25) is 0 Å². The maximum atomic E-state index is 2.40. The van der Waals surface area contributed by atoms with Crippen LogP contribution < -0.4 is 12.4 Å². The summed E-state index contributed by atoms with van der Waals surface area (Å²) in [6.45, 7) is 7.18. The second-order valence-electron chi connectivity index (χ2n) is 7.60. The van der Waals surface area contributed by atoms with Crippen molar-refractivity contribution >= 4 is 0 Å². The van der Waals surface area contributed by atoms with Gasteiger partial charge in [-0.2, -0.15) is 0 Å². The Bertz CT molecular complexity index is 266. The van der Waals surface area contributed by atoms with Crippen molar-refractivity contribution in [3.05, 3.63) is 24.3 Å². The summed E-state index contributed by atoms with van der Waals surface area (Å²) in [6.07, 6.45) is 25.3. The molecule has 0 aliphatic carbocycles. The van der Waals surface area contributed by atoms with Crippen molar-refractivity contribution < 1.29 is 16.9 Å². The van der Waals surface area contributed by atoms with Gasteiger partial charge in [-0.15, -0.1) is 0 Å². The van der Waals surface area contributed by atoms with Gasteiger partial charge in [0.25, 0.3) is 0 Å². The summed E-state index contributed by atoms with van der Waals surface area (Å²) in [5, 5.41) is 0. The standard InChI is InChI=1S/C22H44N.ClH/c1-5-7-9-11-13-15-17-19-21-23(3,4)22-20-18-16-14-12-10-8-6-2;/h11-14H,5-10,15-22H2,1-4H3;1H/q+1;/p-1. The first kappa shape index (κ1) is 26.0. The summed E-state index contributed by atoms with van der Waals surface area (Å²) in [6, 6.07) is 0. The maximum absolute atomic E-state index is 2.40. The van der Waals surface area contributed by atoms with Crippen molar-refractivity contribution in [1.29, 1.82) is 0 Å². The van der Waals surface area contributed by atoms with Crippen LogP contribution in [-0.4, -0.2) is 31.7 Å². The lowest BCUT2D eigenvalue weighted by Gasteiger charge is -2.29. The zero-order chi connectivity index (χ0) is 17.2. The zero-order valence-corrected chi connectivity index (χ0v) is 17.8. The van der Waals surface area contributed by atoms with Crippen LogP contribution in [0.1, 0.15) is 90.9 Å². The highest BCUT2D eigenvalue weighted by atomic mass is 35.5. The van der Waals surface area contributed by atoms with E-state index in [0.29, 0.717) is 0 Å². The van der Waals surface area contributed by atoms with E-state index in [9.17, 15) is 0 Å². The molecule has 144 valence electrons. The van der Waals surface area contributed by atoms with Gasteiger partial charge in [0.2, 0.25) is 0 Å². The second kappa shape index (κ2) is 19.1. The predicted octanol–water partition coefficient (Wildman–Crippen LogP) is 3.90. The van der Waals surface area contributed by atoms with E-state index in [2.05, 4.69) is 52.2 Å². The van der Waals surface area contributed by atoms with Crippen molar-refractivity contribution in [3.8, 4) is 0 Å². The molecule has 2 heteroatoms. The van der Waals surface area contributed by atoms with E-state index in [1.165, 1.54) is 94.6 Å². The van der Waals surface area contributed by atoms with E-state index < -0.39 is 0 Å². The molecule has 0 unspecified atom stereocenters. The van der Waals surface area contributed by atoms with Gasteiger partial charge in [-0.25, -0.2) is 0 Å². The van der Waals surface area contributed by atoms with Crippen LogP contribution in [0.5, 0.6) is 0 Å². The Hall–Kier alpha value is -0.270. The minimum absolute atomic E-state index is 0. The van der Waals surface area contributed by atoms with Gasteiger partial charge in [-0.1, -0.05) is 63.8 Å². The van der Waals surface area contributed by atoms with Crippen LogP contribution in [0.15, 0.2) is 24.3 Å². The SMILES string of the molecule is CCCCC=CCCCC[N+](C)(C)CCCCC=CCCCC.[Cl-]. The molecule has 0 amide bonds. The second-order valence-corrected chi connectivity index (χ2v) is 7.60. The minimum Gasteiger partial charge on any atom is -1.00 e. The van der Waals surface area contributed by atoms with Crippen LogP contribution in [0.3, 0.4) is 0 Å². The molecule has 0 aliphatic heterocycles. The van der Waals surface area contributed by atoms with Crippen LogP contribution in [-0.2, 0) is 0 Å². The lowest BCUT2D eigenvalue weighted by atomic mass is 10.1. The van der Waals surface area contributed by atoms with E-state index in [0.717, 1.165) is 0 Å². The third-order valence-electron chi connectivity index (χ3n) is 4.55. The summed E-state index contributed by atoms with van der Waals surface area (Å²) in [5.41, 5.74) is 0. The Morgan fingerprint density at radius 3 is 1.21 bits per heavy atom. The first-order valence-corrected chi connectivity index (χ1v) is 10.2. The average Bonchev–Trinajstić information content (AvgIpc) is 2.52. The molecule has 0 saturated heterocycles. The van der Waals surface area contributed by atoms with Gasteiger partial charge in [0.05, 0.1) is 27.2 Å². The van der Waals surface area contributed by atoms with Crippen LogP contribution >= 0.6 is 0 Å². The van der Waals surface area contributed by atoms with Crippen LogP contribution in [0.2, 0.25) is 0 Å². The van der Waals surface area contributed by atoms with E-state index in [-0.39, 0.29) is 12.4 Å². The normalized spacial score (nSPS) is 12.2. The molecule has 0 fully saturated rings. The molecule has 0 rings (SSSR count). The van der Waals surface area contributed by atoms with Gasteiger partial charge in [0.15, 0.2) is 0 Å². The summed E-state index contributed by atoms with van der Waals surface area (Å²) in [5.74, 6) is 0. The third kappa shape index (κ3) is 19.8. The Labute approximate surface area is 159 Å². The quantitative estimate of drug-likeness (QED) is 0.223. The summed E-state index contributed by atoms with van der Waals surface area (Å²) >= 11 is 0. The molecular formula is C22H44ClN. The number of nitrogens with zero attached hydrogens (tertiary/aromatic N) is 1. The molecular weight excluding hydrogens is 314 g/mol. The smallest absolute Gasteiger partial charge is 0.0782 e. The van der Waals surface area contributed by atoms with E-state index in [1.807, 2.05) is 0 Å². The number of quaternary nitrogens is 1. The molecule has 0 saturated carbocycles. The largest absolute Gasteiger partial charge is 1.00 e. The van der Waals surface area contributed by atoms with Crippen molar-refractivity contribution in [2.24, 2.45) is 0 Å². The Balaban J connectivity index is 0. The summed E-state index contributed by atoms with van der Waals surface area (Å²) < 4.78 is 1.19.